The molecule has 0 amide bonds. The smallest absolute Gasteiger partial charge is 0.190 e. The molecule has 0 aliphatic carbocycles. The Morgan fingerprint density at radius 3 is 2.48 bits per heavy atom. The van der Waals surface area contributed by atoms with Crippen molar-refractivity contribution in [2.75, 3.05) is 40.0 Å². The summed E-state index contributed by atoms with van der Waals surface area (Å²) in [5.74, 6) is 0.848. The molecule has 27 heavy (non-hydrogen) atoms. The fourth-order valence-corrected chi connectivity index (χ4v) is 2.89. The van der Waals surface area contributed by atoms with Crippen molar-refractivity contribution in [3.8, 4) is 0 Å². The van der Waals surface area contributed by atoms with Crippen LogP contribution in [0.2, 0.25) is 0 Å². The van der Waals surface area contributed by atoms with Crippen molar-refractivity contribution >= 4 is 29.9 Å². The Labute approximate surface area is 181 Å². The van der Waals surface area contributed by atoms with Crippen molar-refractivity contribution in [3.05, 3.63) is 35.4 Å². The molecule has 1 aliphatic heterocycles. The van der Waals surface area contributed by atoms with E-state index < -0.39 is 0 Å². The van der Waals surface area contributed by atoms with Gasteiger partial charge in [-0.15, -0.1) is 24.0 Å². The highest BCUT2D eigenvalue weighted by Gasteiger charge is 2.15. The molecule has 1 aromatic rings. The van der Waals surface area contributed by atoms with E-state index >= 15 is 0 Å². The lowest BCUT2D eigenvalue weighted by Crippen LogP contribution is -2.39. The van der Waals surface area contributed by atoms with Gasteiger partial charge in [-0.25, -0.2) is 0 Å². The molecule has 0 saturated carbocycles. The third-order valence-corrected chi connectivity index (χ3v) is 4.60. The SMILES string of the molecule is CN=C(NCCCOC1CCOC1)NCCc1ccc(C(C)(C)C)cc1.I. The molecule has 0 radical (unpaired) electrons. The van der Waals surface area contributed by atoms with E-state index in [0.29, 0.717) is 0 Å². The number of hydrogen-bond acceptors (Lipinski definition) is 3. The van der Waals surface area contributed by atoms with Gasteiger partial charge in [0.15, 0.2) is 5.96 Å². The van der Waals surface area contributed by atoms with Crippen LogP contribution < -0.4 is 10.6 Å². The standard InChI is InChI=1S/C21H35N3O2.HI/c1-21(2,3)18-8-6-17(7-9-18)10-13-24-20(22-4)23-12-5-14-26-19-11-15-25-16-19;/h6-9,19H,5,10-16H2,1-4H3,(H2,22,23,24);1H. The van der Waals surface area contributed by atoms with Gasteiger partial charge in [-0.3, -0.25) is 4.99 Å². The largest absolute Gasteiger partial charge is 0.379 e. The highest BCUT2D eigenvalue weighted by Crippen LogP contribution is 2.22. The number of benzene rings is 1. The first-order valence-electron chi connectivity index (χ1n) is 9.72. The molecule has 0 aromatic heterocycles. The van der Waals surface area contributed by atoms with E-state index in [1.54, 1.807) is 7.05 Å². The summed E-state index contributed by atoms with van der Waals surface area (Å²) in [7, 11) is 1.81. The Morgan fingerprint density at radius 2 is 1.89 bits per heavy atom. The van der Waals surface area contributed by atoms with Gasteiger partial charge in [0.1, 0.15) is 0 Å². The summed E-state index contributed by atoms with van der Waals surface area (Å²) >= 11 is 0. The number of halogens is 1. The fourth-order valence-electron chi connectivity index (χ4n) is 2.89. The van der Waals surface area contributed by atoms with Gasteiger partial charge >= 0.3 is 0 Å². The first-order chi connectivity index (χ1) is 12.5. The van der Waals surface area contributed by atoms with Crippen LogP contribution in [0.4, 0.5) is 0 Å². The minimum absolute atomic E-state index is 0. The molecule has 0 spiro atoms. The second-order valence-electron chi connectivity index (χ2n) is 7.83. The topological polar surface area (TPSA) is 54.9 Å². The number of hydrogen-bond donors (Lipinski definition) is 2. The van der Waals surface area contributed by atoms with E-state index in [1.807, 2.05) is 0 Å². The number of rotatable bonds is 8. The highest BCUT2D eigenvalue weighted by molar-refractivity contribution is 14.0. The summed E-state index contributed by atoms with van der Waals surface area (Å²) in [6, 6.07) is 8.92. The third-order valence-electron chi connectivity index (χ3n) is 4.60. The van der Waals surface area contributed by atoms with Gasteiger partial charge in [0.25, 0.3) is 0 Å². The second kappa shape index (κ2) is 12.6. The Bertz CT molecular complexity index is 550. The third kappa shape index (κ3) is 9.25. The van der Waals surface area contributed by atoms with Crippen LogP contribution in [0.3, 0.4) is 0 Å². The molecular formula is C21H36IN3O2. The van der Waals surface area contributed by atoms with E-state index in [2.05, 4.69) is 60.7 Å². The minimum atomic E-state index is 0. The number of aliphatic imine (C=N–C) groups is 1. The summed E-state index contributed by atoms with van der Waals surface area (Å²) < 4.78 is 11.1. The number of ether oxygens (including phenoxy) is 2. The zero-order chi connectivity index (χ0) is 18.8. The van der Waals surface area contributed by atoms with Crippen LogP contribution in [-0.4, -0.2) is 52.0 Å². The zero-order valence-corrected chi connectivity index (χ0v) is 19.5. The molecule has 0 bridgehead atoms. The predicted molar refractivity (Wildman–Crippen MR) is 123 cm³/mol. The van der Waals surface area contributed by atoms with Gasteiger partial charge in [-0.05, 0) is 35.8 Å². The molecule has 154 valence electrons. The monoisotopic (exact) mass is 489 g/mol. The summed E-state index contributed by atoms with van der Waals surface area (Å²) in [4.78, 5) is 4.27. The maximum atomic E-state index is 5.77. The quantitative estimate of drug-likeness (QED) is 0.254. The van der Waals surface area contributed by atoms with Crippen LogP contribution in [0.25, 0.3) is 0 Å². The van der Waals surface area contributed by atoms with Crippen molar-refractivity contribution in [3.63, 3.8) is 0 Å². The predicted octanol–water partition coefficient (Wildman–Crippen LogP) is 3.51. The van der Waals surface area contributed by atoms with Crippen molar-refractivity contribution in [1.29, 1.82) is 0 Å². The lowest BCUT2D eigenvalue weighted by Gasteiger charge is -2.19. The zero-order valence-electron chi connectivity index (χ0n) is 17.2. The number of nitrogens with one attached hydrogen (secondary N) is 2. The van der Waals surface area contributed by atoms with Crippen LogP contribution in [0.1, 0.15) is 44.7 Å². The summed E-state index contributed by atoms with van der Waals surface area (Å²) in [5, 5.41) is 6.71. The second-order valence-corrected chi connectivity index (χ2v) is 7.83. The van der Waals surface area contributed by atoms with Crippen molar-refractivity contribution in [2.24, 2.45) is 4.99 Å². The maximum absolute atomic E-state index is 5.77. The van der Waals surface area contributed by atoms with Crippen LogP contribution in [-0.2, 0) is 21.3 Å². The summed E-state index contributed by atoms with van der Waals surface area (Å²) in [5.41, 5.74) is 2.92. The Morgan fingerprint density at radius 1 is 1.19 bits per heavy atom. The van der Waals surface area contributed by atoms with E-state index in [-0.39, 0.29) is 35.5 Å². The molecule has 2 rings (SSSR count). The first-order valence-corrected chi connectivity index (χ1v) is 9.72. The van der Waals surface area contributed by atoms with E-state index in [4.69, 9.17) is 9.47 Å². The van der Waals surface area contributed by atoms with Crippen molar-refractivity contribution < 1.29 is 9.47 Å². The van der Waals surface area contributed by atoms with Crippen LogP contribution in [0.15, 0.2) is 29.3 Å². The van der Waals surface area contributed by atoms with E-state index in [9.17, 15) is 0 Å². The molecule has 6 heteroatoms. The molecule has 2 N–H and O–H groups in total. The van der Waals surface area contributed by atoms with Gasteiger partial charge < -0.3 is 20.1 Å². The van der Waals surface area contributed by atoms with Crippen LogP contribution in [0, 0.1) is 0 Å². The molecule has 5 nitrogen and oxygen atoms in total. The molecule has 1 aliphatic rings. The lowest BCUT2D eigenvalue weighted by molar-refractivity contribution is 0.0420. The van der Waals surface area contributed by atoms with Gasteiger partial charge in [0, 0.05) is 33.4 Å². The van der Waals surface area contributed by atoms with E-state index in [1.165, 1.54) is 11.1 Å². The molecule has 1 unspecified atom stereocenters. The van der Waals surface area contributed by atoms with Gasteiger partial charge in [-0.2, -0.15) is 0 Å². The van der Waals surface area contributed by atoms with Gasteiger partial charge in [0.2, 0.25) is 0 Å². The van der Waals surface area contributed by atoms with Crippen molar-refractivity contribution in [2.45, 2.75) is 51.6 Å². The maximum Gasteiger partial charge on any atom is 0.190 e. The highest BCUT2D eigenvalue weighted by atomic mass is 127. The Balaban J connectivity index is 0.00000364. The lowest BCUT2D eigenvalue weighted by atomic mass is 9.86. The van der Waals surface area contributed by atoms with E-state index in [0.717, 1.165) is 58.1 Å². The van der Waals surface area contributed by atoms with Crippen LogP contribution in [0.5, 0.6) is 0 Å². The number of nitrogens with zero attached hydrogens (tertiary/aromatic N) is 1. The van der Waals surface area contributed by atoms with Crippen molar-refractivity contribution in [1.82, 2.24) is 10.6 Å². The molecular weight excluding hydrogens is 453 g/mol. The molecule has 1 fully saturated rings. The minimum Gasteiger partial charge on any atom is -0.379 e. The molecule has 1 saturated heterocycles. The molecule has 1 atom stereocenters. The summed E-state index contributed by atoms with van der Waals surface area (Å²) in [6.07, 6.45) is 3.26. The molecule has 1 aromatic carbocycles. The Kier molecular flexibility index (Phi) is 11.3. The summed E-state index contributed by atoms with van der Waals surface area (Å²) in [6.45, 7) is 10.8. The normalized spacial score (nSPS) is 17.5. The first kappa shape index (κ1) is 24.2. The fraction of sp³-hybridized carbons (Fsp3) is 0.667. The average molecular weight is 489 g/mol. The van der Waals surface area contributed by atoms with Gasteiger partial charge in [-0.1, -0.05) is 45.0 Å². The van der Waals surface area contributed by atoms with Crippen LogP contribution >= 0.6 is 24.0 Å². The molecule has 1 heterocycles. The van der Waals surface area contributed by atoms with Gasteiger partial charge in [0.05, 0.1) is 12.7 Å². The average Bonchev–Trinajstić information content (AvgIpc) is 3.13. The number of guanidine groups is 1. The Hall–Kier alpha value is -0.860.